The molecule has 20 heavy (non-hydrogen) atoms. The maximum absolute atomic E-state index is 12.6. The van der Waals surface area contributed by atoms with Gasteiger partial charge in [0, 0.05) is 25.4 Å². The first-order chi connectivity index (χ1) is 9.40. The van der Waals surface area contributed by atoms with Crippen LogP contribution < -0.4 is 0 Å². The van der Waals surface area contributed by atoms with Gasteiger partial charge in [0.2, 0.25) is 5.82 Å². The summed E-state index contributed by atoms with van der Waals surface area (Å²) in [6.07, 6.45) is -0.136. The van der Waals surface area contributed by atoms with E-state index in [-0.39, 0.29) is 17.3 Å². The number of alkyl halides is 3. The number of aryl methyl sites for hydroxylation is 1. The summed E-state index contributed by atoms with van der Waals surface area (Å²) >= 11 is 5.62. The molecule has 0 aliphatic heterocycles. The van der Waals surface area contributed by atoms with E-state index in [1.165, 1.54) is 6.07 Å². The second-order valence-corrected chi connectivity index (χ2v) is 4.60. The van der Waals surface area contributed by atoms with E-state index in [1.54, 1.807) is 12.4 Å². The predicted octanol–water partition coefficient (Wildman–Crippen LogP) is 3.35. The fourth-order valence-corrected chi connectivity index (χ4v) is 2.00. The summed E-state index contributed by atoms with van der Waals surface area (Å²) in [5.74, 6) is -0.580. The molecule has 0 aromatic carbocycles. The van der Waals surface area contributed by atoms with Crippen molar-refractivity contribution in [1.29, 1.82) is 0 Å². The van der Waals surface area contributed by atoms with Gasteiger partial charge in [-0.1, -0.05) is 18.5 Å². The summed E-state index contributed by atoms with van der Waals surface area (Å²) in [4.78, 5) is 10.8. The lowest BCUT2D eigenvalue weighted by molar-refractivity contribution is -0.145. The van der Waals surface area contributed by atoms with Gasteiger partial charge >= 0.3 is 6.18 Å². The highest BCUT2D eigenvalue weighted by Crippen LogP contribution is 2.27. The Morgan fingerprint density at radius 1 is 1.30 bits per heavy atom. The third-order valence-corrected chi connectivity index (χ3v) is 2.80. The van der Waals surface area contributed by atoms with Crippen LogP contribution in [0, 0.1) is 0 Å². The van der Waals surface area contributed by atoms with Gasteiger partial charge in [-0.2, -0.15) is 13.2 Å². The Bertz CT molecular complexity index is 595. The molecule has 0 spiro atoms. The first-order valence-electron chi connectivity index (χ1n) is 6.01. The van der Waals surface area contributed by atoms with Crippen molar-refractivity contribution < 1.29 is 13.2 Å². The number of nitrogens with zero attached hydrogens (tertiary/aromatic N) is 4. The number of aromatic nitrogens is 4. The number of hydrogen-bond acceptors (Lipinski definition) is 3. The van der Waals surface area contributed by atoms with E-state index in [1.807, 2.05) is 11.5 Å². The zero-order chi connectivity index (χ0) is 14.8. The maximum Gasteiger partial charge on any atom is 0.451 e. The lowest BCUT2D eigenvalue weighted by Crippen LogP contribution is -2.13. The van der Waals surface area contributed by atoms with Crippen molar-refractivity contribution in [2.24, 2.45) is 0 Å². The van der Waals surface area contributed by atoms with E-state index in [4.69, 9.17) is 11.6 Å². The number of rotatable bonds is 4. The van der Waals surface area contributed by atoms with E-state index in [2.05, 4.69) is 15.0 Å². The van der Waals surface area contributed by atoms with Gasteiger partial charge in [0.1, 0.15) is 11.0 Å². The monoisotopic (exact) mass is 304 g/mol. The minimum absolute atomic E-state index is 0.179. The topological polar surface area (TPSA) is 43.6 Å². The molecular weight excluding hydrogens is 293 g/mol. The zero-order valence-corrected chi connectivity index (χ0v) is 11.4. The minimum atomic E-state index is -4.61. The third-order valence-electron chi connectivity index (χ3n) is 2.61. The Labute approximate surface area is 118 Å². The smallest absolute Gasteiger partial charge is 0.335 e. The van der Waals surface area contributed by atoms with Crippen LogP contribution in [-0.2, 0) is 19.1 Å². The van der Waals surface area contributed by atoms with Crippen LogP contribution in [0.2, 0.25) is 5.15 Å². The van der Waals surface area contributed by atoms with E-state index in [9.17, 15) is 13.2 Å². The molecule has 2 aromatic rings. The Morgan fingerprint density at radius 3 is 2.70 bits per heavy atom. The van der Waals surface area contributed by atoms with Crippen molar-refractivity contribution in [3.05, 3.63) is 41.0 Å². The molecule has 0 unspecified atom stereocenters. The molecule has 0 aliphatic rings. The lowest BCUT2D eigenvalue weighted by Gasteiger charge is -2.09. The van der Waals surface area contributed by atoms with Crippen LogP contribution >= 0.6 is 11.6 Å². The Hall–Kier alpha value is -1.63. The second kappa shape index (κ2) is 5.78. The van der Waals surface area contributed by atoms with E-state index >= 15 is 0 Å². The molecule has 0 atom stereocenters. The van der Waals surface area contributed by atoms with Gasteiger partial charge in [0.05, 0.1) is 5.69 Å². The molecule has 0 fully saturated rings. The molecule has 0 radical (unpaired) electrons. The van der Waals surface area contributed by atoms with Crippen LogP contribution in [0.3, 0.4) is 0 Å². The highest BCUT2D eigenvalue weighted by molar-refractivity contribution is 6.29. The molecule has 0 amide bonds. The normalized spacial score (nSPS) is 11.8. The first-order valence-corrected chi connectivity index (χ1v) is 6.38. The molecule has 108 valence electrons. The predicted molar refractivity (Wildman–Crippen MR) is 67.4 cm³/mol. The summed E-state index contributed by atoms with van der Waals surface area (Å²) in [6.45, 7) is 2.76. The quantitative estimate of drug-likeness (QED) is 0.814. The highest BCUT2D eigenvalue weighted by Gasteiger charge is 2.35. The van der Waals surface area contributed by atoms with Gasteiger partial charge in [0.25, 0.3) is 0 Å². The van der Waals surface area contributed by atoms with Crippen LogP contribution in [0.1, 0.15) is 30.7 Å². The summed E-state index contributed by atoms with van der Waals surface area (Å²) in [6, 6.07) is 1.32. The highest BCUT2D eigenvalue weighted by atomic mass is 35.5. The Balaban J connectivity index is 2.29. The second-order valence-electron chi connectivity index (χ2n) is 4.22. The summed E-state index contributed by atoms with van der Waals surface area (Å²) in [5, 5.41) is -0.226. The zero-order valence-electron chi connectivity index (χ0n) is 10.7. The van der Waals surface area contributed by atoms with Gasteiger partial charge < -0.3 is 4.57 Å². The van der Waals surface area contributed by atoms with E-state index in [0.717, 1.165) is 13.0 Å². The van der Waals surface area contributed by atoms with E-state index in [0.29, 0.717) is 5.82 Å². The van der Waals surface area contributed by atoms with Crippen LogP contribution in [-0.4, -0.2) is 19.5 Å². The molecule has 0 saturated carbocycles. The largest absolute Gasteiger partial charge is 0.451 e. The first kappa shape index (κ1) is 14.8. The molecule has 8 heteroatoms. The number of halogens is 4. The SMILES string of the molecule is CCCn1ccnc1Cc1cc(Cl)nc(C(F)(F)F)n1. The van der Waals surface area contributed by atoms with Crippen molar-refractivity contribution in [1.82, 2.24) is 19.5 Å². The molecule has 0 bridgehead atoms. The van der Waals surface area contributed by atoms with Gasteiger partial charge in [-0.25, -0.2) is 15.0 Å². The molecule has 4 nitrogen and oxygen atoms in total. The molecular formula is C12H12ClF3N4. The molecule has 2 heterocycles. The van der Waals surface area contributed by atoms with Crippen LogP contribution in [0.25, 0.3) is 0 Å². The Kier molecular flexibility index (Phi) is 4.27. The summed E-state index contributed by atoms with van der Waals surface area (Å²) in [5.41, 5.74) is 0.195. The molecule has 0 saturated heterocycles. The van der Waals surface area contributed by atoms with Crippen molar-refractivity contribution in [2.75, 3.05) is 0 Å². The van der Waals surface area contributed by atoms with Crippen molar-refractivity contribution in [2.45, 2.75) is 32.5 Å². The van der Waals surface area contributed by atoms with Crippen LogP contribution in [0.15, 0.2) is 18.5 Å². The number of hydrogen-bond donors (Lipinski definition) is 0. The molecule has 2 rings (SSSR count). The molecule has 2 aromatic heterocycles. The van der Waals surface area contributed by atoms with Gasteiger partial charge in [0.15, 0.2) is 0 Å². The minimum Gasteiger partial charge on any atom is -0.335 e. The van der Waals surface area contributed by atoms with Crippen molar-refractivity contribution in [3.63, 3.8) is 0 Å². The summed E-state index contributed by atoms with van der Waals surface area (Å²) in [7, 11) is 0. The van der Waals surface area contributed by atoms with Crippen molar-refractivity contribution in [3.8, 4) is 0 Å². The number of imidazole rings is 1. The average Bonchev–Trinajstić information content (AvgIpc) is 2.75. The molecule has 0 aliphatic carbocycles. The van der Waals surface area contributed by atoms with Crippen LogP contribution in [0.5, 0.6) is 0 Å². The fourth-order valence-electron chi connectivity index (χ4n) is 1.80. The van der Waals surface area contributed by atoms with E-state index < -0.39 is 12.0 Å². The standard InChI is InChI=1S/C12H12ClF3N4/c1-2-4-20-5-3-17-10(20)7-8-6-9(13)19-11(18-8)12(14,15)16/h3,5-6H,2,4,7H2,1H3. The fraction of sp³-hybridized carbons (Fsp3) is 0.417. The molecule has 0 N–H and O–H groups in total. The third kappa shape index (κ3) is 3.47. The van der Waals surface area contributed by atoms with Gasteiger partial charge in [-0.3, -0.25) is 0 Å². The van der Waals surface area contributed by atoms with Crippen LogP contribution in [0.4, 0.5) is 13.2 Å². The van der Waals surface area contributed by atoms with Crippen molar-refractivity contribution >= 4 is 11.6 Å². The van der Waals surface area contributed by atoms with Gasteiger partial charge in [-0.15, -0.1) is 0 Å². The summed E-state index contributed by atoms with van der Waals surface area (Å²) < 4.78 is 39.7. The maximum atomic E-state index is 12.6. The lowest BCUT2D eigenvalue weighted by atomic mass is 10.2. The van der Waals surface area contributed by atoms with Gasteiger partial charge in [-0.05, 0) is 12.5 Å². The Morgan fingerprint density at radius 2 is 2.05 bits per heavy atom. The average molecular weight is 305 g/mol.